The van der Waals surface area contributed by atoms with Gasteiger partial charge >= 0.3 is 0 Å². The summed E-state index contributed by atoms with van der Waals surface area (Å²) in [5, 5.41) is 3.55. The number of likely N-dealkylation sites (N-methyl/N-ethyl adjacent to an activating group) is 1. The standard InChI is InChI=1S/C16H23N3O/c1-17-16(8-4-3-5-9-16)11-15-18-13-7-6-12(20-2)10-14(13)19-15/h6-7,10,17H,3-5,8-9,11H2,1-2H3,(H,18,19). The number of ether oxygens (including phenoxy) is 1. The smallest absolute Gasteiger partial charge is 0.121 e. The van der Waals surface area contributed by atoms with Crippen LogP contribution in [-0.2, 0) is 6.42 Å². The maximum absolute atomic E-state index is 5.26. The molecule has 1 heterocycles. The van der Waals surface area contributed by atoms with E-state index in [0.29, 0.717) is 0 Å². The number of fused-ring (bicyclic) bond motifs is 1. The van der Waals surface area contributed by atoms with Gasteiger partial charge in [0.05, 0.1) is 18.1 Å². The molecule has 0 aliphatic heterocycles. The molecule has 0 bridgehead atoms. The summed E-state index contributed by atoms with van der Waals surface area (Å²) in [7, 11) is 3.77. The van der Waals surface area contributed by atoms with Crippen molar-refractivity contribution in [2.45, 2.75) is 44.1 Å². The summed E-state index contributed by atoms with van der Waals surface area (Å²) < 4.78 is 5.26. The van der Waals surface area contributed by atoms with Crippen LogP contribution in [0.4, 0.5) is 0 Å². The van der Waals surface area contributed by atoms with E-state index in [0.717, 1.165) is 29.0 Å². The first-order valence-electron chi connectivity index (χ1n) is 7.46. The van der Waals surface area contributed by atoms with Crippen molar-refractivity contribution in [3.63, 3.8) is 0 Å². The Bertz CT molecular complexity index is 584. The number of hydrogen-bond acceptors (Lipinski definition) is 3. The Kier molecular flexibility index (Phi) is 3.66. The van der Waals surface area contributed by atoms with Crippen LogP contribution < -0.4 is 10.1 Å². The number of H-pyrrole nitrogens is 1. The number of aromatic nitrogens is 2. The lowest BCUT2D eigenvalue weighted by Gasteiger charge is -2.36. The van der Waals surface area contributed by atoms with Gasteiger partial charge in [-0.25, -0.2) is 4.98 Å². The highest BCUT2D eigenvalue weighted by atomic mass is 16.5. The minimum Gasteiger partial charge on any atom is -0.497 e. The van der Waals surface area contributed by atoms with E-state index < -0.39 is 0 Å². The molecule has 1 aromatic heterocycles. The normalized spacial score (nSPS) is 18.3. The number of imidazole rings is 1. The zero-order valence-corrected chi connectivity index (χ0v) is 12.3. The molecule has 1 fully saturated rings. The predicted molar refractivity (Wildman–Crippen MR) is 81.2 cm³/mol. The first-order valence-corrected chi connectivity index (χ1v) is 7.46. The van der Waals surface area contributed by atoms with Crippen molar-refractivity contribution in [3.05, 3.63) is 24.0 Å². The van der Waals surface area contributed by atoms with Crippen LogP contribution in [0, 0.1) is 0 Å². The summed E-state index contributed by atoms with van der Waals surface area (Å²) in [5.41, 5.74) is 2.29. The summed E-state index contributed by atoms with van der Waals surface area (Å²) >= 11 is 0. The third kappa shape index (κ3) is 2.52. The zero-order valence-electron chi connectivity index (χ0n) is 12.3. The fourth-order valence-electron chi connectivity index (χ4n) is 3.32. The molecule has 0 atom stereocenters. The quantitative estimate of drug-likeness (QED) is 0.900. The second-order valence-corrected chi connectivity index (χ2v) is 5.83. The molecule has 1 saturated carbocycles. The second-order valence-electron chi connectivity index (χ2n) is 5.83. The highest BCUT2D eigenvalue weighted by molar-refractivity contribution is 5.76. The number of rotatable bonds is 4. The third-order valence-electron chi connectivity index (χ3n) is 4.58. The van der Waals surface area contributed by atoms with Crippen molar-refractivity contribution in [2.24, 2.45) is 0 Å². The molecule has 1 aliphatic carbocycles. The summed E-state index contributed by atoms with van der Waals surface area (Å²) in [6.45, 7) is 0. The topological polar surface area (TPSA) is 49.9 Å². The van der Waals surface area contributed by atoms with Crippen molar-refractivity contribution in [3.8, 4) is 5.75 Å². The van der Waals surface area contributed by atoms with Crippen LogP contribution in [0.15, 0.2) is 18.2 Å². The molecule has 4 heteroatoms. The molecule has 4 nitrogen and oxygen atoms in total. The van der Waals surface area contributed by atoms with Gasteiger partial charge in [-0.2, -0.15) is 0 Å². The van der Waals surface area contributed by atoms with E-state index in [4.69, 9.17) is 9.72 Å². The second kappa shape index (κ2) is 5.44. The minimum atomic E-state index is 0.218. The number of nitrogens with one attached hydrogen (secondary N) is 2. The van der Waals surface area contributed by atoms with Gasteiger partial charge in [-0.1, -0.05) is 19.3 Å². The van der Waals surface area contributed by atoms with Crippen molar-refractivity contribution in [1.29, 1.82) is 0 Å². The van der Waals surface area contributed by atoms with Gasteiger partial charge in [0.25, 0.3) is 0 Å². The molecule has 108 valence electrons. The number of methoxy groups -OCH3 is 1. The summed E-state index contributed by atoms with van der Waals surface area (Å²) in [4.78, 5) is 8.17. The molecule has 0 saturated heterocycles. The Hall–Kier alpha value is -1.55. The Morgan fingerprint density at radius 3 is 2.80 bits per heavy atom. The van der Waals surface area contributed by atoms with E-state index in [1.165, 1.54) is 32.1 Å². The van der Waals surface area contributed by atoms with E-state index in [9.17, 15) is 0 Å². The maximum atomic E-state index is 5.26. The fraction of sp³-hybridized carbons (Fsp3) is 0.562. The lowest BCUT2D eigenvalue weighted by Crippen LogP contribution is -2.46. The summed E-state index contributed by atoms with van der Waals surface area (Å²) in [6, 6.07) is 5.99. The Morgan fingerprint density at radius 2 is 2.10 bits per heavy atom. The number of benzene rings is 1. The van der Waals surface area contributed by atoms with Gasteiger partial charge in [0.1, 0.15) is 11.6 Å². The van der Waals surface area contributed by atoms with Gasteiger partial charge in [0.2, 0.25) is 0 Å². The van der Waals surface area contributed by atoms with E-state index in [-0.39, 0.29) is 5.54 Å². The highest BCUT2D eigenvalue weighted by Crippen LogP contribution is 2.31. The van der Waals surface area contributed by atoms with Crippen LogP contribution >= 0.6 is 0 Å². The Balaban J connectivity index is 1.86. The highest BCUT2D eigenvalue weighted by Gasteiger charge is 2.31. The lowest BCUT2D eigenvalue weighted by molar-refractivity contribution is 0.241. The third-order valence-corrected chi connectivity index (χ3v) is 4.58. The van der Waals surface area contributed by atoms with Gasteiger partial charge in [-0.3, -0.25) is 0 Å². The molecule has 20 heavy (non-hydrogen) atoms. The SMILES string of the molecule is CNC1(Cc2nc3ccc(OC)cc3[nH]2)CCCCC1. The molecule has 1 aromatic carbocycles. The molecular formula is C16H23N3O. The summed E-state index contributed by atoms with van der Waals surface area (Å²) in [6.07, 6.45) is 7.44. The van der Waals surface area contributed by atoms with Crippen LogP contribution in [0.5, 0.6) is 5.75 Å². The van der Waals surface area contributed by atoms with Crippen LogP contribution in [-0.4, -0.2) is 29.7 Å². The van der Waals surface area contributed by atoms with Crippen molar-refractivity contribution in [1.82, 2.24) is 15.3 Å². The number of nitrogens with zero attached hydrogens (tertiary/aromatic N) is 1. The van der Waals surface area contributed by atoms with Crippen LogP contribution in [0.1, 0.15) is 37.9 Å². The van der Waals surface area contributed by atoms with Crippen LogP contribution in [0.2, 0.25) is 0 Å². The Morgan fingerprint density at radius 1 is 1.30 bits per heavy atom. The van der Waals surface area contributed by atoms with E-state index >= 15 is 0 Å². The van der Waals surface area contributed by atoms with Crippen LogP contribution in [0.25, 0.3) is 11.0 Å². The molecule has 2 aromatic rings. The first kappa shape index (κ1) is 13.4. The van der Waals surface area contributed by atoms with Gasteiger partial charge in [0.15, 0.2) is 0 Å². The van der Waals surface area contributed by atoms with E-state index in [1.54, 1.807) is 7.11 Å². The van der Waals surface area contributed by atoms with Gasteiger partial charge in [-0.15, -0.1) is 0 Å². The fourth-order valence-corrected chi connectivity index (χ4v) is 3.32. The van der Waals surface area contributed by atoms with Crippen LogP contribution in [0.3, 0.4) is 0 Å². The molecule has 0 spiro atoms. The van der Waals surface area contributed by atoms with Crippen molar-refractivity contribution in [2.75, 3.05) is 14.2 Å². The first-order chi connectivity index (χ1) is 9.74. The molecule has 1 aliphatic rings. The molecule has 0 amide bonds. The van der Waals surface area contributed by atoms with Gasteiger partial charge in [-0.05, 0) is 32.0 Å². The maximum Gasteiger partial charge on any atom is 0.121 e. The molecule has 0 radical (unpaired) electrons. The molecular weight excluding hydrogens is 250 g/mol. The average molecular weight is 273 g/mol. The van der Waals surface area contributed by atoms with E-state index in [2.05, 4.69) is 17.3 Å². The van der Waals surface area contributed by atoms with Crippen molar-refractivity contribution < 1.29 is 4.74 Å². The van der Waals surface area contributed by atoms with Gasteiger partial charge in [0, 0.05) is 18.0 Å². The molecule has 2 N–H and O–H groups in total. The monoisotopic (exact) mass is 273 g/mol. The molecule has 3 rings (SSSR count). The molecule has 0 unspecified atom stereocenters. The van der Waals surface area contributed by atoms with E-state index in [1.807, 2.05) is 18.2 Å². The predicted octanol–water partition coefficient (Wildman–Crippen LogP) is 3.04. The lowest BCUT2D eigenvalue weighted by atomic mass is 9.79. The number of hydrogen-bond donors (Lipinski definition) is 2. The number of aromatic amines is 1. The van der Waals surface area contributed by atoms with Gasteiger partial charge < -0.3 is 15.0 Å². The Labute approximate surface area is 119 Å². The zero-order chi connectivity index (χ0) is 14.0. The van der Waals surface area contributed by atoms with Crippen molar-refractivity contribution >= 4 is 11.0 Å². The summed E-state index contributed by atoms with van der Waals surface area (Å²) in [5.74, 6) is 1.94. The average Bonchev–Trinajstić information content (AvgIpc) is 2.89. The minimum absolute atomic E-state index is 0.218. The largest absolute Gasteiger partial charge is 0.497 e.